The highest BCUT2D eigenvalue weighted by Crippen LogP contribution is 2.15. The Balaban J connectivity index is 2.33. The van der Waals surface area contributed by atoms with Crippen molar-refractivity contribution in [1.29, 1.82) is 0 Å². The van der Waals surface area contributed by atoms with Crippen LogP contribution in [0.25, 0.3) is 0 Å². The summed E-state index contributed by atoms with van der Waals surface area (Å²) in [4.78, 5) is -0.265. The summed E-state index contributed by atoms with van der Waals surface area (Å²) in [6, 6.07) is 11.5. The monoisotopic (exact) mass is 584 g/mol. The van der Waals surface area contributed by atoms with E-state index in [0.29, 0.717) is 12.5 Å². The Bertz CT molecular complexity index is 1350. The first-order valence-corrected chi connectivity index (χ1v) is 16.9. The average molecular weight is 585 g/mol. The van der Waals surface area contributed by atoms with Crippen LogP contribution in [0.2, 0.25) is 0 Å². The molecule has 2 aromatic carbocycles. The maximum Gasteiger partial charge on any atom is 0.264 e. The normalized spacial score (nSPS) is 14.9. The molecule has 0 spiro atoms. The van der Waals surface area contributed by atoms with Crippen molar-refractivity contribution in [1.82, 2.24) is 9.44 Å². The lowest BCUT2D eigenvalue weighted by atomic mass is 10.2. The Hall–Kier alpha value is -1.92. The predicted octanol–water partition coefficient (Wildman–Crippen LogP) is 0.250. The molecule has 0 aliphatic heterocycles. The number of aryl methyl sites for hydroxylation is 2. The van der Waals surface area contributed by atoms with Crippen LogP contribution in [0.4, 0.5) is 0 Å². The van der Waals surface area contributed by atoms with E-state index in [-0.39, 0.29) is 9.79 Å². The highest BCUT2D eigenvalue weighted by Gasteiger charge is 2.33. The van der Waals surface area contributed by atoms with Crippen LogP contribution >= 0.6 is 0 Å². The third kappa shape index (κ3) is 9.85. The molecule has 0 aliphatic rings. The maximum atomic E-state index is 12.7. The van der Waals surface area contributed by atoms with Crippen molar-refractivity contribution >= 4 is 40.3 Å². The van der Waals surface area contributed by atoms with E-state index < -0.39 is 65.6 Å². The van der Waals surface area contributed by atoms with Gasteiger partial charge in [0.05, 0.1) is 22.3 Å². The summed E-state index contributed by atoms with van der Waals surface area (Å²) in [7, 11) is -16.8. The predicted molar refractivity (Wildman–Crippen MR) is 132 cm³/mol. The van der Waals surface area contributed by atoms with Crippen molar-refractivity contribution in [3.8, 4) is 0 Å². The highest BCUT2D eigenvalue weighted by atomic mass is 32.2. The zero-order valence-electron chi connectivity index (χ0n) is 19.9. The van der Waals surface area contributed by atoms with Gasteiger partial charge in [0, 0.05) is 13.1 Å². The quantitative estimate of drug-likeness (QED) is 0.310. The SMILES string of the molecule is Cc1ccc(S(=O)(=O)NC[C@H](OS(C)(=O)=O)[C@H](CNS(=O)(=O)c2ccc(C)cc2)OS(C)(=O)=O)cc1. The molecule has 0 fully saturated rings. The molecular formula is C20H28N2O10S4. The molecule has 2 rings (SSSR count). The summed E-state index contributed by atoms with van der Waals surface area (Å²) in [5.41, 5.74) is 1.60. The van der Waals surface area contributed by atoms with E-state index in [1.807, 2.05) is 0 Å². The fraction of sp³-hybridized carbons (Fsp3) is 0.400. The molecule has 0 aromatic heterocycles. The van der Waals surface area contributed by atoms with Gasteiger partial charge in [-0.25, -0.2) is 26.3 Å². The van der Waals surface area contributed by atoms with Gasteiger partial charge in [0.15, 0.2) is 0 Å². The fourth-order valence-corrected chi connectivity index (χ4v) is 6.26. The fourth-order valence-electron chi connectivity index (χ4n) is 2.89. The summed E-state index contributed by atoms with van der Waals surface area (Å²) >= 11 is 0. The van der Waals surface area contributed by atoms with E-state index >= 15 is 0 Å². The number of benzene rings is 2. The van der Waals surface area contributed by atoms with Crippen LogP contribution in [-0.4, -0.2) is 71.5 Å². The second kappa shape index (κ2) is 11.6. The molecule has 2 atom stereocenters. The van der Waals surface area contributed by atoms with Gasteiger partial charge >= 0.3 is 0 Å². The molecule has 2 aromatic rings. The molecule has 0 aliphatic carbocycles. The minimum atomic E-state index is -4.26. The van der Waals surface area contributed by atoms with E-state index in [1.54, 1.807) is 38.1 Å². The molecule has 0 heterocycles. The average Bonchev–Trinajstić information content (AvgIpc) is 2.73. The van der Waals surface area contributed by atoms with Gasteiger partial charge in [0.25, 0.3) is 20.2 Å². The Morgan fingerprint density at radius 3 is 1.11 bits per heavy atom. The summed E-state index contributed by atoms with van der Waals surface area (Å²) in [5, 5.41) is 0. The Labute approximate surface area is 212 Å². The van der Waals surface area contributed by atoms with Crippen molar-refractivity contribution in [2.45, 2.75) is 35.8 Å². The van der Waals surface area contributed by atoms with Crippen LogP contribution in [-0.2, 0) is 48.6 Å². The van der Waals surface area contributed by atoms with Gasteiger partial charge in [-0.2, -0.15) is 16.8 Å². The van der Waals surface area contributed by atoms with Crippen LogP contribution < -0.4 is 9.44 Å². The minimum absolute atomic E-state index is 0.133. The number of hydrogen-bond acceptors (Lipinski definition) is 10. The molecule has 2 N–H and O–H groups in total. The zero-order chi connectivity index (χ0) is 27.4. The number of nitrogens with one attached hydrogen (secondary N) is 2. The second-order valence-electron chi connectivity index (χ2n) is 8.01. The van der Waals surface area contributed by atoms with E-state index in [4.69, 9.17) is 8.37 Å². The van der Waals surface area contributed by atoms with Gasteiger partial charge in [-0.3, -0.25) is 8.37 Å². The van der Waals surface area contributed by atoms with Crippen LogP contribution in [0.1, 0.15) is 11.1 Å². The number of rotatable bonds is 13. The zero-order valence-corrected chi connectivity index (χ0v) is 23.2. The molecule has 0 bridgehead atoms. The van der Waals surface area contributed by atoms with E-state index in [9.17, 15) is 33.7 Å². The lowest BCUT2D eigenvalue weighted by Gasteiger charge is -2.26. The maximum absolute atomic E-state index is 12.7. The third-order valence-corrected chi connectivity index (χ3v) is 8.70. The van der Waals surface area contributed by atoms with Gasteiger partial charge in [-0.05, 0) is 38.1 Å². The van der Waals surface area contributed by atoms with E-state index in [1.165, 1.54) is 24.3 Å². The van der Waals surface area contributed by atoms with Gasteiger partial charge in [0.2, 0.25) is 20.0 Å². The molecule has 0 radical (unpaired) electrons. The Morgan fingerprint density at radius 2 is 0.861 bits per heavy atom. The van der Waals surface area contributed by atoms with Gasteiger partial charge in [-0.15, -0.1) is 0 Å². The largest absolute Gasteiger partial charge is 0.264 e. The first kappa shape index (κ1) is 30.3. The van der Waals surface area contributed by atoms with Crippen molar-refractivity contribution < 1.29 is 42.0 Å². The highest BCUT2D eigenvalue weighted by molar-refractivity contribution is 7.89. The Morgan fingerprint density at radius 1 is 0.583 bits per heavy atom. The van der Waals surface area contributed by atoms with Crippen LogP contribution in [0.15, 0.2) is 58.3 Å². The van der Waals surface area contributed by atoms with Gasteiger partial charge < -0.3 is 0 Å². The van der Waals surface area contributed by atoms with Crippen molar-refractivity contribution in [2.24, 2.45) is 0 Å². The molecule has 0 unspecified atom stereocenters. The van der Waals surface area contributed by atoms with Crippen LogP contribution in [0.3, 0.4) is 0 Å². The standard InChI is InChI=1S/C20H28N2O10S4/c1-15-5-9-17(10-6-15)35(27,28)21-13-19(31-33(3,23)24)20(32-34(4,25)26)14-22-36(29,30)18-11-7-16(2)8-12-18/h5-12,19-22H,13-14H2,1-4H3/t19-,20-/m0/s1. The van der Waals surface area contributed by atoms with Crippen molar-refractivity contribution in [3.05, 3.63) is 59.7 Å². The molecular weight excluding hydrogens is 556 g/mol. The molecule has 0 saturated heterocycles. The minimum Gasteiger partial charge on any atom is -0.263 e. The molecule has 202 valence electrons. The molecule has 0 saturated carbocycles. The lowest BCUT2D eigenvalue weighted by Crippen LogP contribution is -2.48. The summed E-state index contributed by atoms with van der Waals surface area (Å²) < 4.78 is 112. The summed E-state index contributed by atoms with van der Waals surface area (Å²) in [6.07, 6.45) is -2.17. The van der Waals surface area contributed by atoms with Crippen molar-refractivity contribution in [3.63, 3.8) is 0 Å². The molecule has 16 heteroatoms. The van der Waals surface area contributed by atoms with Crippen molar-refractivity contribution in [2.75, 3.05) is 25.6 Å². The summed E-state index contributed by atoms with van der Waals surface area (Å²) in [5.74, 6) is 0. The lowest BCUT2D eigenvalue weighted by molar-refractivity contribution is 0.0704. The molecule has 0 amide bonds. The molecule has 36 heavy (non-hydrogen) atoms. The second-order valence-corrected chi connectivity index (χ2v) is 14.7. The first-order valence-electron chi connectivity index (χ1n) is 10.3. The first-order chi connectivity index (χ1) is 16.4. The van der Waals surface area contributed by atoms with E-state index in [2.05, 4.69) is 9.44 Å². The summed E-state index contributed by atoms with van der Waals surface area (Å²) in [6.45, 7) is 2.00. The molecule has 12 nitrogen and oxygen atoms in total. The van der Waals surface area contributed by atoms with Crippen LogP contribution in [0.5, 0.6) is 0 Å². The van der Waals surface area contributed by atoms with Gasteiger partial charge in [-0.1, -0.05) is 35.4 Å². The smallest absolute Gasteiger partial charge is 0.263 e. The topological polar surface area (TPSA) is 179 Å². The van der Waals surface area contributed by atoms with Gasteiger partial charge in [0.1, 0.15) is 12.2 Å². The van der Waals surface area contributed by atoms with Crippen LogP contribution in [0, 0.1) is 13.8 Å². The third-order valence-electron chi connectivity index (χ3n) is 4.62. The van der Waals surface area contributed by atoms with E-state index in [0.717, 1.165) is 11.1 Å². The number of hydrogen-bond donors (Lipinski definition) is 2. The number of sulfonamides is 2. The Kier molecular flexibility index (Phi) is 9.80.